The van der Waals surface area contributed by atoms with E-state index >= 15 is 0 Å². The molecule has 0 aliphatic rings. The lowest BCUT2D eigenvalue weighted by atomic mass is 10.2. The summed E-state index contributed by atoms with van der Waals surface area (Å²) in [5, 5.41) is 6.96. The van der Waals surface area contributed by atoms with E-state index in [0.29, 0.717) is 6.54 Å². The zero-order chi connectivity index (χ0) is 12.0. The highest BCUT2D eigenvalue weighted by Crippen LogP contribution is 2.16. The molecule has 0 aliphatic heterocycles. The Morgan fingerprint density at radius 2 is 2.31 bits per heavy atom. The minimum absolute atomic E-state index is 0.106. The second-order valence-electron chi connectivity index (χ2n) is 3.21. The molecule has 1 aromatic rings. The second kappa shape index (κ2) is 6.24. The van der Waals surface area contributed by atoms with Crippen molar-refractivity contribution in [1.29, 1.82) is 0 Å². The zero-order valence-electron chi connectivity index (χ0n) is 9.03. The predicted molar refractivity (Wildman–Crippen MR) is 62.9 cm³/mol. The molecule has 0 spiro atoms. The maximum Gasteiger partial charge on any atom is 0.242 e. The normalized spacial score (nSPS) is 11.9. The molecule has 88 valence electrons. The Hall–Kier alpha value is -1.40. The molecule has 1 rings (SSSR count). The first-order valence-electron chi connectivity index (χ1n) is 4.92. The third kappa shape index (κ3) is 3.63. The van der Waals surface area contributed by atoms with E-state index in [0.717, 1.165) is 4.88 Å². The highest BCUT2D eigenvalue weighted by atomic mass is 32.1. The minimum atomic E-state index is -0.648. The Bertz CT molecular complexity index is 351. The largest absolute Gasteiger partial charge is 0.359 e. The lowest BCUT2D eigenvalue weighted by Crippen LogP contribution is -2.35. The molecule has 4 N–H and O–H groups in total. The van der Waals surface area contributed by atoms with Crippen LogP contribution in [0.15, 0.2) is 17.5 Å². The first-order valence-corrected chi connectivity index (χ1v) is 5.80. The number of nitrogens with two attached hydrogens (primary N) is 1. The fourth-order valence-electron chi connectivity index (χ4n) is 1.13. The number of rotatable bonds is 5. The lowest BCUT2D eigenvalue weighted by molar-refractivity contribution is -0.123. The smallest absolute Gasteiger partial charge is 0.242 e. The van der Waals surface area contributed by atoms with Crippen LogP contribution in [0.25, 0.3) is 0 Å². The number of amides is 2. The molecule has 5 nitrogen and oxygen atoms in total. The molecule has 1 unspecified atom stereocenters. The van der Waals surface area contributed by atoms with Gasteiger partial charge in [0.2, 0.25) is 11.8 Å². The number of carbonyl (C=O) groups is 2. The standard InChI is InChI=1S/C10H15N3O2S/c1-12-8(14)4-5-13-10(15)9(11)7-3-2-6-16-7/h2-3,6,9H,4-5,11H2,1H3,(H,12,14)(H,13,15). The van der Waals surface area contributed by atoms with E-state index in [1.54, 1.807) is 7.05 Å². The summed E-state index contributed by atoms with van der Waals surface area (Å²) in [7, 11) is 1.56. The van der Waals surface area contributed by atoms with Crippen molar-refractivity contribution in [3.63, 3.8) is 0 Å². The van der Waals surface area contributed by atoms with Crippen molar-refractivity contribution in [2.75, 3.05) is 13.6 Å². The molecule has 1 aromatic heterocycles. The second-order valence-corrected chi connectivity index (χ2v) is 4.19. The Labute approximate surface area is 98.0 Å². The average Bonchev–Trinajstić information content (AvgIpc) is 2.81. The van der Waals surface area contributed by atoms with Crippen molar-refractivity contribution in [2.45, 2.75) is 12.5 Å². The van der Waals surface area contributed by atoms with E-state index in [1.807, 2.05) is 17.5 Å². The van der Waals surface area contributed by atoms with Gasteiger partial charge in [0.1, 0.15) is 6.04 Å². The third-order valence-electron chi connectivity index (χ3n) is 2.06. The first-order chi connectivity index (χ1) is 7.65. The number of nitrogens with one attached hydrogen (secondary N) is 2. The topological polar surface area (TPSA) is 84.2 Å². The van der Waals surface area contributed by atoms with Gasteiger partial charge in [-0.05, 0) is 11.4 Å². The maximum absolute atomic E-state index is 11.6. The molecule has 0 saturated heterocycles. The highest BCUT2D eigenvalue weighted by Gasteiger charge is 2.15. The highest BCUT2D eigenvalue weighted by molar-refractivity contribution is 7.10. The van der Waals surface area contributed by atoms with E-state index in [4.69, 9.17) is 5.73 Å². The minimum Gasteiger partial charge on any atom is -0.359 e. The van der Waals surface area contributed by atoms with Gasteiger partial charge in [-0.25, -0.2) is 0 Å². The summed E-state index contributed by atoms with van der Waals surface area (Å²) in [6, 6.07) is 3.01. The molecule has 16 heavy (non-hydrogen) atoms. The molecule has 0 aliphatic carbocycles. The molecule has 0 bridgehead atoms. The summed E-state index contributed by atoms with van der Waals surface area (Å²) >= 11 is 1.44. The van der Waals surface area contributed by atoms with Crippen LogP contribution in [-0.4, -0.2) is 25.4 Å². The van der Waals surface area contributed by atoms with Crippen LogP contribution in [0.4, 0.5) is 0 Å². The van der Waals surface area contributed by atoms with Crippen molar-refractivity contribution in [1.82, 2.24) is 10.6 Å². The van der Waals surface area contributed by atoms with Crippen LogP contribution >= 0.6 is 11.3 Å². The summed E-state index contributed by atoms with van der Waals surface area (Å²) in [5.41, 5.74) is 5.73. The van der Waals surface area contributed by atoms with Crippen LogP contribution in [-0.2, 0) is 9.59 Å². The molecule has 0 saturated carbocycles. The fourth-order valence-corrected chi connectivity index (χ4v) is 1.86. The summed E-state index contributed by atoms with van der Waals surface area (Å²) in [5.74, 6) is -0.364. The summed E-state index contributed by atoms with van der Waals surface area (Å²) in [6.45, 7) is 0.303. The fraction of sp³-hybridized carbons (Fsp3) is 0.400. The number of hydrogen-bond acceptors (Lipinski definition) is 4. The monoisotopic (exact) mass is 241 g/mol. The van der Waals surface area contributed by atoms with Gasteiger partial charge in [-0.15, -0.1) is 11.3 Å². The Morgan fingerprint density at radius 3 is 2.88 bits per heavy atom. The summed E-state index contributed by atoms with van der Waals surface area (Å²) < 4.78 is 0. The Morgan fingerprint density at radius 1 is 1.56 bits per heavy atom. The molecular weight excluding hydrogens is 226 g/mol. The van der Waals surface area contributed by atoms with Crippen LogP contribution in [0.2, 0.25) is 0 Å². The van der Waals surface area contributed by atoms with Crippen LogP contribution < -0.4 is 16.4 Å². The third-order valence-corrected chi connectivity index (χ3v) is 3.02. The summed E-state index contributed by atoms with van der Waals surface area (Å²) in [4.78, 5) is 23.3. The van der Waals surface area contributed by atoms with E-state index in [2.05, 4.69) is 10.6 Å². The van der Waals surface area contributed by atoms with Crippen molar-refractivity contribution in [3.8, 4) is 0 Å². The Balaban J connectivity index is 2.33. The quantitative estimate of drug-likeness (QED) is 0.678. The molecule has 0 radical (unpaired) electrons. The van der Waals surface area contributed by atoms with Gasteiger partial charge in [-0.2, -0.15) is 0 Å². The summed E-state index contributed by atoms with van der Waals surface area (Å²) in [6.07, 6.45) is 0.263. The van der Waals surface area contributed by atoms with E-state index in [9.17, 15) is 9.59 Å². The van der Waals surface area contributed by atoms with Crippen LogP contribution in [0.3, 0.4) is 0 Å². The molecule has 6 heteroatoms. The van der Waals surface area contributed by atoms with Crippen LogP contribution in [0.5, 0.6) is 0 Å². The first kappa shape index (κ1) is 12.7. The van der Waals surface area contributed by atoms with Crippen LogP contribution in [0.1, 0.15) is 17.3 Å². The Kier molecular flexibility index (Phi) is 4.94. The molecule has 2 amide bonds. The van der Waals surface area contributed by atoms with Crippen molar-refractivity contribution in [2.24, 2.45) is 5.73 Å². The lowest BCUT2D eigenvalue weighted by Gasteiger charge is -2.10. The van der Waals surface area contributed by atoms with Gasteiger partial charge in [0.05, 0.1) is 0 Å². The molecule has 1 heterocycles. The zero-order valence-corrected chi connectivity index (χ0v) is 9.84. The molecule has 1 atom stereocenters. The van der Waals surface area contributed by atoms with E-state index in [1.165, 1.54) is 11.3 Å². The number of thiophene rings is 1. The number of hydrogen-bond donors (Lipinski definition) is 3. The van der Waals surface area contributed by atoms with Gasteiger partial charge < -0.3 is 16.4 Å². The average molecular weight is 241 g/mol. The van der Waals surface area contributed by atoms with Gasteiger partial charge in [0, 0.05) is 24.9 Å². The van der Waals surface area contributed by atoms with E-state index < -0.39 is 6.04 Å². The maximum atomic E-state index is 11.6. The predicted octanol–water partition coefficient (Wildman–Crippen LogP) is 0.000200. The van der Waals surface area contributed by atoms with Gasteiger partial charge in [-0.1, -0.05) is 6.07 Å². The number of carbonyl (C=O) groups excluding carboxylic acids is 2. The molecule has 0 fully saturated rings. The van der Waals surface area contributed by atoms with Crippen LogP contribution in [0, 0.1) is 0 Å². The molecule has 0 aromatic carbocycles. The molecular formula is C10H15N3O2S. The van der Waals surface area contributed by atoms with Gasteiger partial charge in [-0.3, -0.25) is 9.59 Å². The van der Waals surface area contributed by atoms with Crippen molar-refractivity contribution < 1.29 is 9.59 Å². The van der Waals surface area contributed by atoms with Crippen molar-refractivity contribution in [3.05, 3.63) is 22.4 Å². The SMILES string of the molecule is CNC(=O)CCNC(=O)C(N)c1cccs1. The van der Waals surface area contributed by atoms with E-state index in [-0.39, 0.29) is 18.2 Å². The van der Waals surface area contributed by atoms with Gasteiger partial charge in [0.25, 0.3) is 0 Å². The van der Waals surface area contributed by atoms with Crippen molar-refractivity contribution >= 4 is 23.2 Å². The van der Waals surface area contributed by atoms with Gasteiger partial charge in [0.15, 0.2) is 0 Å². The van der Waals surface area contributed by atoms with Gasteiger partial charge >= 0.3 is 0 Å².